The number of hydrogen-bond donors (Lipinski definition) is 0. The third-order valence-corrected chi connectivity index (χ3v) is 2.38. The summed E-state index contributed by atoms with van der Waals surface area (Å²) in [6.07, 6.45) is 3.57. The minimum atomic E-state index is -0.178. The molecule has 1 aromatic carbocycles. The van der Waals surface area contributed by atoms with Gasteiger partial charge in [-0.15, -0.1) is 0 Å². The molecule has 0 bridgehead atoms. The molecule has 0 saturated heterocycles. The molecule has 0 saturated carbocycles. The zero-order valence-corrected chi connectivity index (χ0v) is 6.87. The van der Waals surface area contributed by atoms with Crippen LogP contribution in [0.2, 0.25) is 0 Å². The van der Waals surface area contributed by atoms with E-state index in [1.54, 1.807) is 12.3 Å². The molecule has 3 heteroatoms. The smallest absolute Gasteiger partial charge is 0.143 e. The van der Waals surface area contributed by atoms with Crippen molar-refractivity contribution in [3.05, 3.63) is 42.0 Å². The molecule has 0 radical (unpaired) electrons. The number of halogens is 1. The second-order valence-electron chi connectivity index (χ2n) is 3.15. The second-order valence-corrected chi connectivity index (χ2v) is 3.15. The van der Waals surface area contributed by atoms with Crippen LogP contribution in [0.5, 0.6) is 0 Å². The molecule has 2 heterocycles. The highest BCUT2D eigenvalue weighted by molar-refractivity contribution is 5.65. The van der Waals surface area contributed by atoms with Crippen molar-refractivity contribution in [2.75, 3.05) is 0 Å². The maximum Gasteiger partial charge on any atom is 0.143 e. The molecule has 0 amide bonds. The van der Waals surface area contributed by atoms with Crippen LogP contribution >= 0.6 is 0 Å². The molecule has 1 aromatic heterocycles. The third kappa shape index (κ3) is 0.786. The zero-order chi connectivity index (χ0) is 8.84. The lowest BCUT2D eigenvalue weighted by atomic mass is 10.1. The van der Waals surface area contributed by atoms with E-state index >= 15 is 0 Å². The normalized spacial score (nSPS) is 12.7. The van der Waals surface area contributed by atoms with E-state index < -0.39 is 0 Å². The van der Waals surface area contributed by atoms with E-state index in [-0.39, 0.29) is 5.82 Å². The first kappa shape index (κ1) is 6.83. The summed E-state index contributed by atoms with van der Waals surface area (Å²) in [7, 11) is 0. The summed E-state index contributed by atoms with van der Waals surface area (Å²) in [5, 5.41) is 0. The van der Waals surface area contributed by atoms with Gasteiger partial charge in [0.1, 0.15) is 11.6 Å². The molecule has 1 aliphatic rings. The summed E-state index contributed by atoms with van der Waals surface area (Å²) in [5.74, 6) is 0.565. The fourth-order valence-corrected chi connectivity index (χ4v) is 1.80. The molecule has 2 aromatic rings. The lowest BCUT2D eigenvalue weighted by Gasteiger charge is -1.97. The molecule has 0 fully saturated rings. The van der Waals surface area contributed by atoms with Crippen LogP contribution in [-0.4, -0.2) is 9.55 Å². The quantitative estimate of drug-likeness (QED) is 0.510. The van der Waals surface area contributed by atoms with Gasteiger partial charge in [-0.1, -0.05) is 12.1 Å². The first-order valence-corrected chi connectivity index (χ1v) is 4.15. The molecule has 1 aliphatic heterocycles. The number of imidazole rings is 1. The largest absolute Gasteiger partial charge is 0.326 e. The summed E-state index contributed by atoms with van der Waals surface area (Å²) in [5.41, 5.74) is 1.68. The highest BCUT2D eigenvalue weighted by Crippen LogP contribution is 2.31. The highest BCUT2D eigenvalue weighted by atomic mass is 19.1. The Morgan fingerprint density at radius 1 is 1.38 bits per heavy atom. The van der Waals surface area contributed by atoms with Crippen molar-refractivity contribution in [2.45, 2.75) is 6.54 Å². The topological polar surface area (TPSA) is 17.8 Å². The number of aromatic nitrogens is 2. The lowest BCUT2D eigenvalue weighted by Crippen LogP contribution is -1.88. The van der Waals surface area contributed by atoms with Crippen molar-refractivity contribution >= 4 is 0 Å². The minimum absolute atomic E-state index is 0.178. The van der Waals surface area contributed by atoms with Gasteiger partial charge in [-0.2, -0.15) is 0 Å². The number of fused-ring (bicyclic) bond motifs is 3. The Balaban J connectivity index is 2.37. The van der Waals surface area contributed by atoms with Crippen molar-refractivity contribution in [1.29, 1.82) is 0 Å². The summed E-state index contributed by atoms with van der Waals surface area (Å²) in [6.45, 7) is 0.739. The summed E-state index contributed by atoms with van der Waals surface area (Å²) in [4.78, 5) is 4.12. The van der Waals surface area contributed by atoms with Crippen molar-refractivity contribution in [3.8, 4) is 11.4 Å². The van der Waals surface area contributed by atoms with E-state index in [2.05, 4.69) is 4.98 Å². The van der Waals surface area contributed by atoms with Gasteiger partial charge in [0.05, 0.1) is 5.56 Å². The van der Waals surface area contributed by atoms with Crippen molar-refractivity contribution in [2.24, 2.45) is 0 Å². The maximum atomic E-state index is 13.4. The van der Waals surface area contributed by atoms with E-state index in [4.69, 9.17) is 0 Å². The molecule has 64 valence electrons. The SMILES string of the molecule is Fc1cccc2c1-c1nccn1C2. The average Bonchev–Trinajstić information content (AvgIpc) is 2.62. The van der Waals surface area contributed by atoms with Gasteiger partial charge in [0.25, 0.3) is 0 Å². The Hall–Kier alpha value is -1.64. The van der Waals surface area contributed by atoms with E-state index in [0.717, 1.165) is 17.9 Å². The standard InChI is InChI=1S/C10H7FN2/c11-8-3-1-2-7-6-13-5-4-12-10(13)9(7)8/h1-5H,6H2. The van der Waals surface area contributed by atoms with Crippen LogP contribution in [0.25, 0.3) is 11.4 Å². The third-order valence-electron chi connectivity index (χ3n) is 2.38. The van der Waals surface area contributed by atoms with Gasteiger partial charge in [0, 0.05) is 18.9 Å². The van der Waals surface area contributed by atoms with Gasteiger partial charge < -0.3 is 4.57 Å². The second kappa shape index (κ2) is 2.19. The Kier molecular flexibility index (Phi) is 1.15. The van der Waals surface area contributed by atoms with Gasteiger partial charge in [-0.05, 0) is 11.6 Å². The number of benzene rings is 1. The monoisotopic (exact) mass is 174 g/mol. The van der Waals surface area contributed by atoms with E-state index in [0.29, 0.717) is 5.56 Å². The van der Waals surface area contributed by atoms with Gasteiger partial charge in [0.2, 0.25) is 0 Å². The van der Waals surface area contributed by atoms with E-state index in [1.807, 2.05) is 16.8 Å². The predicted molar refractivity (Wildman–Crippen MR) is 46.7 cm³/mol. The van der Waals surface area contributed by atoms with Crippen LogP contribution in [-0.2, 0) is 6.54 Å². The number of rotatable bonds is 0. The number of hydrogen-bond acceptors (Lipinski definition) is 1. The molecule has 0 aliphatic carbocycles. The first-order valence-electron chi connectivity index (χ1n) is 4.15. The molecule has 3 rings (SSSR count). The Morgan fingerprint density at radius 3 is 3.23 bits per heavy atom. The summed E-state index contributed by atoms with van der Waals surface area (Å²) < 4.78 is 15.3. The molecule has 2 nitrogen and oxygen atoms in total. The predicted octanol–water partition coefficient (Wildman–Crippen LogP) is 2.05. The average molecular weight is 174 g/mol. The van der Waals surface area contributed by atoms with Crippen LogP contribution in [0, 0.1) is 5.82 Å². The van der Waals surface area contributed by atoms with Crippen molar-refractivity contribution < 1.29 is 4.39 Å². The molecular weight excluding hydrogens is 167 g/mol. The van der Waals surface area contributed by atoms with Gasteiger partial charge in [0.15, 0.2) is 0 Å². The van der Waals surface area contributed by atoms with Gasteiger partial charge in [-0.25, -0.2) is 9.37 Å². The fourth-order valence-electron chi connectivity index (χ4n) is 1.80. The van der Waals surface area contributed by atoms with Crippen LogP contribution < -0.4 is 0 Å². The summed E-state index contributed by atoms with van der Waals surface area (Å²) >= 11 is 0. The minimum Gasteiger partial charge on any atom is -0.326 e. The molecular formula is C10H7FN2. The Bertz CT molecular complexity index is 474. The fraction of sp³-hybridized carbons (Fsp3) is 0.100. The molecule has 13 heavy (non-hydrogen) atoms. The highest BCUT2D eigenvalue weighted by Gasteiger charge is 2.21. The van der Waals surface area contributed by atoms with E-state index in [1.165, 1.54) is 6.07 Å². The van der Waals surface area contributed by atoms with Crippen LogP contribution in [0.1, 0.15) is 5.56 Å². The lowest BCUT2D eigenvalue weighted by molar-refractivity contribution is 0.630. The maximum absolute atomic E-state index is 13.4. The van der Waals surface area contributed by atoms with Gasteiger partial charge in [-0.3, -0.25) is 0 Å². The van der Waals surface area contributed by atoms with E-state index in [9.17, 15) is 4.39 Å². The van der Waals surface area contributed by atoms with Crippen LogP contribution in [0.3, 0.4) is 0 Å². The van der Waals surface area contributed by atoms with Gasteiger partial charge >= 0.3 is 0 Å². The number of nitrogens with zero attached hydrogens (tertiary/aromatic N) is 2. The molecule has 0 N–H and O–H groups in total. The molecule has 0 unspecified atom stereocenters. The summed E-state index contributed by atoms with van der Waals surface area (Å²) in [6, 6.07) is 5.15. The molecule has 0 spiro atoms. The van der Waals surface area contributed by atoms with Crippen LogP contribution in [0.4, 0.5) is 4.39 Å². The zero-order valence-electron chi connectivity index (χ0n) is 6.87. The van der Waals surface area contributed by atoms with Crippen molar-refractivity contribution in [3.63, 3.8) is 0 Å². The van der Waals surface area contributed by atoms with Crippen LogP contribution in [0.15, 0.2) is 30.6 Å². The Morgan fingerprint density at radius 2 is 2.31 bits per heavy atom. The first-order chi connectivity index (χ1) is 6.36. The molecule has 0 atom stereocenters. The Labute approximate surface area is 74.7 Å². The van der Waals surface area contributed by atoms with Crippen molar-refractivity contribution in [1.82, 2.24) is 9.55 Å².